The first-order valence-electron chi connectivity index (χ1n) is 13.1. The smallest absolute Gasteiger partial charge is 0.272 e. The van der Waals surface area contributed by atoms with Gasteiger partial charge in [-0.3, -0.25) is 14.4 Å². The zero-order chi connectivity index (χ0) is 27.2. The standard InChI is InChI=1S/C31H23N5O3S/c1-16-15-40-28-24(37)10-25-31(27(16)28)11-19(31)14-36(25)26(38)7-6-18-12-32-29-21(18)9-20(13-33-29)34-30(39)23-8-17-4-2-3-5-22(17)35-23/h2-10,12-13,15,19,35H,11,14H2,1H3,(H,32,33)(H,34,39)/b7-6+/t19-,31+/m1/s1. The summed E-state index contributed by atoms with van der Waals surface area (Å²) in [5, 5.41) is 6.70. The summed E-state index contributed by atoms with van der Waals surface area (Å²) in [5.74, 6) is -0.0571. The number of para-hydroxylation sites is 1. The normalized spacial score (nSPS) is 21.0. The Bertz CT molecular complexity index is 1960. The molecule has 0 unspecified atom stereocenters. The highest BCUT2D eigenvalue weighted by atomic mass is 32.1. The van der Waals surface area contributed by atoms with Gasteiger partial charge in [0.1, 0.15) is 11.3 Å². The number of carbonyl (C=O) groups excluding carboxylic acids is 3. The number of nitrogens with zero attached hydrogens (tertiary/aromatic N) is 2. The van der Waals surface area contributed by atoms with Crippen molar-refractivity contribution in [1.29, 1.82) is 0 Å². The van der Waals surface area contributed by atoms with E-state index in [0.717, 1.165) is 50.0 Å². The van der Waals surface area contributed by atoms with Crippen LogP contribution in [0.5, 0.6) is 0 Å². The number of likely N-dealkylation sites (tertiary alicyclic amines) is 1. The van der Waals surface area contributed by atoms with Gasteiger partial charge in [-0.1, -0.05) is 18.2 Å². The van der Waals surface area contributed by atoms with Gasteiger partial charge in [0.25, 0.3) is 11.8 Å². The number of nitrogens with one attached hydrogen (secondary N) is 3. The Morgan fingerprint density at radius 3 is 3.00 bits per heavy atom. The van der Waals surface area contributed by atoms with Crippen LogP contribution in [0.15, 0.2) is 72.0 Å². The van der Waals surface area contributed by atoms with E-state index < -0.39 is 0 Å². The number of aryl methyl sites for hydroxylation is 1. The molecule has 4 aromatic heterocycles. The Morgan fingerprint density at radius 2 is 2.12 bits per heavy atom. The van der Waals surface area contributed by atoms with Gasteiger partial charge in [-0.05, 0) is 60.0 Å². The van der Waals surface area contributed by atoms with Crippen LogP contribution in [0.4, 0.5) is 5.69 Å². The Hall–Kier alpha value is -4.76. The lowest BCUT2D eigenvalue weighted by Crippen LogP contribution is -2.32. The van der Waals surface area contributed by atoms with Crippen molar-refractivity contribution < 1.29 is 14.4 Å². The van der Waals surface area contributed by atoms with Crippen LogP contribution < -0.4 is 5.32 Å². The molecule has 2 fully saturated rings. The van der Waals surface area contributed by atoms with Gasteiger partial charge in [0.15, 0.2) is 5.78 Å². The fraction of sp³-hybridized carbons (Fsp3) is 0.161. The van der Waals surface area contributed by atoms with E-state index >= 15 is 0 Å². The van der Waals surface area contributed by atoms with E-state index in [9.17, 15) is 14.4 Å². The van der Waals surface area contributed by atoms with Crippen LogP contribution in [0, 0.1) is 12.8 Å². The Balaban J connectivity index is 1.04. The van der Waals surface area contributed by atoms with Crippen molar-refractivity contribution in [2.45, 2.75) is 18.8 Å². The van der Waals surface area contributed by atoms with Gasteiger partial charge >= 0.3 is 0 Å². The minimum Gasteiger partial charge on any atom is -0.351 e. The molecule has 3 N–H and O–H groups in total. The molecule has 2 amide bonds. The summed E-state index contributed by atoms with van der Waals surface area (Å²) < 4.78 is 0. The molecule has 2 aliphatic carbocycles. The van der Waals surface area contributed by atoms with Gasteiger partial charge in [-0.2, -0.15) is 0 Å². The van der Waals surface area contributed by atoms with E-state index in [2.05, 4.69) is 32.6 Å². The van der Waals surface area contributed by atoms with Crippen LogP contribution in [0.3, 0.4) is 0 Å². The van der Waals surface area contributed by atoms with Gasteiger partial charge in [0.2, 0.25) is 0 Å². The third-order valence-electron chi connectivity index (χ3n) is 8.44. The molecule has 1 saturated heterocycles. The number of rotatable bonds is 4. The highest BCUT2D eigenvalue weighted by molar-refractivity contribution is 7.12. The number of aromatic amines is 2. The summed E-state index contributed by atoms with van der Waals surface area (Å²) in [7, 11) is 0. The fourth-order valence-corrected chi connectivity index (χ4v) is 7.57. The second-order valence-electron chi connectivity index (χ2n) is 10.8. The zero-order valence-electron chi connectivity index (χ0n) is 21.4. The lowest BCUT2D eigenvalue weighted by atomic mass is 9.84. The van der Waals surface area contributed by atoms with Crippen molar-refractivity contribution in [2.75, 3.05) is 11.9 Å². The molecule has 1 saturated carbocycles. The summed E-state index contributed by atoms with van der Waals surface area (Å²) in [5.41, 5.74) is 6.27. The number of fused-ring (bicyclic) bond motifs is 3. The monoisotopic (exact) mass is 545 g/mol. The molecule has 5 aromatic rings. The number of anilines is 1. The van der Waals surface area contributed by atoms with Crippen molar-refractivity contribution in [3.8, 4) is 0 Å². The number of hydrogen-bond donors (Lipinski definition) is 3. The first kappa shape index (κ1) is 23.2. The predicted molar refractivity (Wildman–Crippen MR) is 154 cm³/mol. The minimum absolute atomic E-state index is 0.00668. The Morgan fingerprint density at radius 1 is 1.25 bits per heavy atom. The number of pyridine rings is 1. The van der Waals surface area contributed by atoms with Gasteiger partial charge in [0, 0.05) is 57.9 Å². The largest absolute Gasteiger partial charge is 0.351 e. The third-order valence-corrected chi connectivity index (χ3v) is 9.55. The zero-order valence-corrected chi connectivity index (χ0v) is 22.3. The van der Waals surface area contributed by atoms with Crippen LogP contribution in [-0.2, 0) is 10.2 Å². The molecule has 40 heavy (non-hydrogen) atoms. The summed E-state index contributed by atoms with van der Waals surface area (Å²) in [6, 6.07) is 11.4. The van der Waals surface area contributed by atoms with E-state index in [0.29, 0.717) is 29.5 Å². The number of amides is 2. The summed E-state index contributed by atoms with van der Waals surface area (Å²) in [6.45, 7) is 2.68. The van der Waals surface area contributed by atoms with Gasteiger partial charge in [0.05, 0.1) is 16.8 Å². The first-order chi connectivity index (χ1) is 19.4. The molecule has 1 aliphatic heterocycles. The van der Waals surface area contributed by atoms with Crippen LogP contribution in [0.2, 0.25) is 0 Å². The average molecular weight is 546 g/mol. The first-order valence-corrected chi connectivity index (χ1v) is 14.0. The maximum Gasteiger partial charge on any atom is 0.272 e. The quantitative estimate of drug-likeness (QED) is 0.257. The fourth-order valence-electron chi connectivity index (χ4n) is 6.52. The van der Waals surface area contributed by atoms with E-state index in [1.807, 2.05) is 36.4 Å². The molecule has 3 aliphatic rings. The molecule has 9 heteroatoms. The van der Waals surface area contributed by atoms with Crippen molar-refractivity contribution in [1.82, 2.24) is 19.9 Å². The number of allylic oxidation sites excluding steroid dienone is 2. The van der Waals surface area contributed by atoms with Crippen LogP contribution in [0.1, 0.15) is 43.3 Å². The van der Waals surface area contributed by atoms with Crippen LogP contribution in [-0.4, -0.2) is 44.0 Å². The molecular weight excluding hydrogens is 522 g/mol. The predicted octanol–water partition coefficient (Wildman–Crippen LogP) is 5.56. The molecule has 5 heterocycles. The van der Waals surface area contributed by atoms with Crippen LogP contribution >= 0.6 is 11.3 Å². The Labute approximate surface area is 232 Å². The van der Waals surface area contributed by atoms with E-state index in [1.54, 1.807) is 35.5 Å². The van der Waals surface area contributed by atoms with Crippen molar-refractivity contribution in [3.05, 3.63) is 99.3 Å². The number of benzene rings is 1. The maximum absolute atomic E-state index is 13.4. The Kier molecular flexibility index (Phi) is 4.70. The molecular formula is C31H23N5O3S. The average Bonchev–Trinajstić information content (AvgIpc) is 3.39. The molecule has 8 rings (SSSR count). The number of piperidine rings is 1. The summed E-state index contributed by atoms with van der Waals surface area (Å²) in [4.78, 5) is 52.4. The minimum atomic E-state index is -0.263. The van der Waals surface area contributed by atoms with Gasteiger partial charge in [-0.15, -0.1) is 11.3 Å². The molecule has 196 valence electrons. The number of aromatic nitrogens is 3. The summed E-state index contributed by atoms with van der Waals surface area (Å²) in [6.07, 6.45) is 9.37. The lowest BCUT2D eigenvalue weighted by Gasteiger charge is -2.27. The molecule has 0 radical (unpaired) electrons. The number of ketones is 1. The van der Waals surface area contributed by atoms with Crippen molar-refractivity contribution in [2.24, 2.45) is 5.92 Å². The number of H-pyrrole nitrogens is 2. The van der Waals surface area contributed by atoms with Gasteiger partial charge in [-0.25, -0.2) is 4.98 Å². The maximum atomic E-state index is 13.4. The lowest BCUT2D eigenvalue weighted by molar-refractivity contribution is -0.123. The molecule has 8 nitrogen and oxygen atoms in total. The third kappa shape index (κ3) is 3.24. The van der Waals surface area contributed by atoms with E-state index in [1.165, 1.54) is 11.3 Å². The van der Waals surface area contributed by atoms with Crippen molar-refractivity contribution in [3.63, 3.8) is 0 Å². The van der Waals surface area contributed by atoms with Crippen LogP contribution in [0.25, 0.3) is 28.0 Å². The SMILES string of the molecule is Cc1csc2c1[C@@]13C[C@@H]1CN(C(=O)/C=C/c1c[nH]c4ncc(NC(=O)c5cc6ccccc6[nH]5)cc14)C3=CC2=O. The molecule has 1 spiro atoms. The highest BCUT2D eigenvalue weighted by Gasteiger charge is 2.67. The molecule has 1 aromatic carbocycles. The molecule has 2 atom stereocenters. The highest BCUT2D eigenvalue weighted by Crippen LogP contribution is 2.67. The number of hydrogen-bond acceptors (Lipinski definition) is 5. The summed E-state index contributed by atoms with van der Waals surface area (Å²) >= 11 is 1.51. The molecule has 0 bridgehead atoms. The van der Waals surface area contributed by atoms with Crippen molar-refractivity contribution >= 4 is 62.6 Å². The van der Waals surface area contributed by atoms with E-state index in [4.69, 9.17) is 0 Å². The number of carbonyl (C=O) groups is 3. The second kappa shape index (κ2) is 8.12. The number of thiophene rings is 1. The van der Waals surface area contributed by atoms with Gasteiger partial charge < -0.3 is 20.2 Å². The topological polar surface area (TPSA) is 111 Å². The second-order valence-corrected chi connectivity index (χ2v) is 11.6. The van der Waals surface area contributed by atoms with E-state index in [-0.39, 0.29) is 23.0 Å².